The molecule has 20 heavy (non-hydrogen) atoms. The number of para-hydroxylation sites is 1. The van der Waals surface area contributed by atoms with E-state index in [9.17, 15) is 27.1 Å². The smallest absolute Gasteiger partial charge is 0.387 e. The third-order valence-corrected chi connectivity index (χ3v) is 3.82. The molecule has 6 nitrogen and oxygen atoms in total. The molecule has 1 aromatic rings. The van der Waals surface area contributed by atoms with E-state index < -0.39 is 34.0 Å². The molecule has 0 saturated heterocycles. The second-order valence-corrected chi connectivity index (χ2v) is 5.98. The van der Waals surface area contributed by atoms with Crippen molar-refractivity contribution in [2.75, 3.05) is 12.3 Å². The first-order valence-electron chi connectivity index (χ1n) is 5.48. The second kappa shape index (κ2) is 7.04. The molecule has 0 aromatic heterocycles. The zero-order valence-corrected chi connectivity index (χ0v) is 11.0. The van der Waals surface area contributed by atoms with Gasteiger partial charge in [-0.05, 0) is 6.07 Å². The summed E-state index contributed by atoms with van der Waals surface area (Å²) in [6.45, 7) is -3.39. The lowest BCUT2D eigenvalue weighted by Gasteiger charge is -2.11. The lowest BCUT2D eigenvalue weighted by Crippen LogP contribution is -2.39. The molecule has 112 valence electrons. The van der Waals surface area contributed by atoms with E-state index in [4.69, 9.17) is 0 Å². The van der Waals surface area contributed by atoms with E-state index in [-0.39, 0.29) is 17.9 Å². The summed E-state index contributed by atoms with van der Waals surface area (Å²) in [5, 5.41) is 11.9. The molecular formula is C11H12F2NO5S-. The van der Waals surface area contributed by atoms with Crippen molar-refractivity contribution < 1.29 is 31.8 Å². The fraction of sp³-hybridized carbons (Fsp3) is 0.364. The minimum Gasteiger partial charge on any atom is -0.530 e. The molecule has 9 heteroatoms. The highest BCUT2D eigenvalue weighted by Crippen LogP contribution is 2.22. The lowest BCUT2D eigenvalue weighted by molar-refractivity contribution is -0.250. The van der Waals surface area contributed by atoms with Crippen molar-refractivity contribution in [2.45, 2.75) is 12.4 Å². The van der Waals surface area contributed by atoms with Gasteiger partial charge in [-0.1, -0.05) is 18.2 Å². The van der Waals surface area contributed by atoms with Gasteiger partial charge in [0.05, 0.1) is 11.5 Å². The Hall–Kier alpha value is -1.90. The Morgan fingerprint density at radius 3 is 2.60 bits per heavy atom. The molecule has 0 saturated carbocycles. The van der Waals surface area contributed by atoms with Crippen molar-refractivity contribution in [3.8, 4) is 5.75 Å². The summed E-state index contributed by atoms with van der Waals surface area (Å²) in [7, 11) is -3.67. The minimum atomic E-state index is -3.67. The van der Waals surface area contributed by atoms with Crippen molar-refractivity contribution in [3.63, 3.8) is 0 Å². The van der Waals surface area contributed by atoms with E-state index in [1.807, 2.05) is 5.32 Å². The summed E-state index contributed by atoms with van der Waals surface area (Å²) >= 11 is 0. The maximum Gasteiger partial charge on any atom is 0.387 e. The number of amides is 1. The molecule has 1 N–H and O–H groups in total. The Kier molecular flexibility index (Phi) is 5.68. The molecule has 0 bridgehead atoms. The molecule has 0 heterocycles. The summed E-state index contributed by atoms with van der Waals surface area (Å²) in [6, 6.07) is 5.51. The minimum absolute atomic E-state index is 0.0845. The number of rotatable bonds is 7. The summed E-state index contributed by atoms with van der Waals surface area (Å²) < 4.78 is 52.0. The molecule has 1 amide bonds. The number of ether oxygens (including phenoxy) is 1. The van der Waals surface area contributed by atoms with E-state index >= 15 is 0 Å². The normalized spacial score (nSPS) is 11.3. The van der Waals surface area contributed by atoms with Crippen LogP contribution in [0.5, 0.6) is 5.75 Å². The highest BCUT2D eigenvalue weighted by atomic mass is 32.2. The van der Waals surface area contributed by atoms with Crippen LogP contribution in [-0.2, 0) is 15.6 Å². The van der Waals surface area contributed by atoms with Crippen LogP contribution in [-0.4, -0.2) is 33.4 Å². The molecule has 0 atom stereocenters. The molecular weight excluding hydrogens is 296 g/mol. The van der Waals surface area contributed by atoms with Crippen molar-refractivity contribution in [1.29, 1.82) is 0 Å². The number of halogens is 2. The second-order valence-electron chi connectivity index (χ2n) is 3.79. The van der Waals surface area contributed by atoms with Gasteiger partial charge in [0.1, 0.15) is 11.8 Å². The number of hydrogen-bond acceptors (Lipinski definition) is 5. The number of carbonyl (C=O) groups is 1. The number of nitrogens with one attached hydrogen (secondary N) is 1. The monoisotopic (exact) mass is 308 g/mol. The summed E-state index contributed by atoms with van der Waals surface area (Å²) in [4.78, 5) is 10.1. The van der Waals surface area contributed by atoms with Crippen LogP contribution in [0.25, 0.3) is 0 Å². The van der Waals surface area contributed by atoms with Crippen LogP contribution in [0.4, 0.5) is 13.6 Å². The fourth-order valence-corrected chi connectivity index (χ4v) is 2.72. The Balaban J connectivity index is 2.74. The molecule has 0 spiro atoms. The van der Waals surface area contributed by atoms with Crippen LogP contribution in [0.1, 0.15) is 5.56 Å². The summed E-state index contributed by atoms with van der Waals surface area (Å²) in [6.07, 6.45) is -1.58. The van der Waals surface area contributed by atoms with Crippen LogP contribution < -0.4 is 15.2 Å². The Bertz CT molecular complexity index is 562. The van der Waals surface area contributed by atoms with E-state index in [1.54, 1.807) is 0 Å². The van der Waals surface area contributed by atoms with Crippen LogP contribution in [0.15, 0.2) is 24.3 Å². The van der Waals surface area contributed by atoms with E-state index in [1.165, 1.54) is 24.3 Å². The Labute approximate surface area is 114 Å². The first-order chi connectivity index (χ1) is 9.30. The summed E-state index contributed by atoms with van der Waals surface area (Å²) in [5.41, 5.74) is 0.0845. The molecule has 0 aliphatic heterocycles. The lowest BCUT2D eigenvalue weighted by atomic mass is 10.2. The van der Waals surface area contributed by atoms with Gasteiger partial charge in [0, 0.05) is 12.1 Å². The zero-order chi connectivity index (χ0) is 15.2. The van der Waals surface area contributed by atoms with Gasteiger partial charge in [-0.15, -0.1) is 0 Å². The van der Waals surface area contributed by atoms with Gasteiger partial charge in [0.2, 0.25) is 0 Å². The number of hydrogen-bond donors (Lipinski definition) is 1. The topological polar surface area (TPSA) is 95.5 Å². The van der Waals surface area contributed by atoms with Crippen molar-refractivity contribution in [2.24, 2.45) is 0 Å². The van der Waals surface area contributed by atoms with Gasteiger partial charge in [-0.3, -0.25) is 0 Å². The molecule has 0 aliphatic rings. The SMILES string of the molecule is O=C([O-])NCCS(=O)(=O)Cc1ccccc1OC(F)F. The zero-order valence-electron chi connectivity index (χ0n) is 10.2. The standard InChI is InChI=1S/C11H13F2NO5S/c12-10(13)19-9-4-2-1-3-8(9)7-20(17,18)6-5-14-11(15)16/h1-4,10,14H,5-7H2,(H,15,16)/p-1. The quantitative estimate of drug-likeness (QED) is 0.773. The fourth-order valence-electron chi connectivity index (χ4n) is 1.45. The first-order valence-corrected chi connectivity index (χ1v) is 7.30. The highest BCUT2D eigenvalue weighted by Gasteiger charge is 2.16. The van der Waals surface area contributed by atoms with Crippen molar-refractivity contribution in [3.05, 3.63) is 29.8 Å². The average molecular weight is 308 g/mol. The van der Waals surface area contributed by atoms with Crippen molar-refractivity contribution >= 4 is 15.9 Å². The van der Waals surface area contributed by atoms with Crippen LogP contribution in [0.3, 0.4) is 0 Å². The van der Waals surface area contributed by atoms with Gasteiger partial charge in [0.25, 0.3) is 0 Å². The number of carboxylic acid groups (broad SMARTS) is 1. The van der Waals surface area contributed by atoms with Crippen LogP contribution in [0, 0.1) is 0 Å². The number of carbonyl (C=O) groups excluding carboxylic acids is 1. The Morgan fingerprint density at radius 1 is 1.35 bits per heavy atom. The number of alkyl halides is 2. The first kappa shape index (κ1) is 16.2. The largest absolute Gasteiger partial charge is 0.530 e. The molecule has 0 aliphatic carbocycles. The number of sulfone groups is 1. The predicted molar refractivity (Wildman–Crippen MR) is 64.0 cm³/mol. The van der Waals surface area contributed by atoms with E-state index in [2.05, 4.69) is 4.74 Å². The van der Waals surface area contributed by atoms with Gasteiger partial charge >= 0.3 is 6.61 Å². The molecule has 0 radical (unpaired) electrons. The predicted octanol–water partition coefficient (Wildman–Crippen LogP) is 0.136. The van der Waals surface area contributed by atoms with Gasteiger partial charge in [-0.2, -0.15) is 8.78 Å². The van der Waals surface area contributed by atoms with Gasteiger partial charge < -0.3 is 20.0 Å². The van der Waals surface area contributed by atoms with Gasteiger partial charge in [-0.25, -0.2) is 8.42 Å². The van der Waals surface area contributed by atoms with E-state index in [0.29, 0.717) is 0 Å². The van der Waals surface area contributed by atoms with Crippen molar-refractivity contribution in [1.82, 2.24) is 5.32 Å². The molecule has 1 rings (SSSR count). The Morgan fingerprint density at radius 2 is 2.00 bits per heavy atom. The maximum absolute atomic E-state index is 12.2. The van der Waals surface area contributed by atoms with E-state index in [0.717, 1.165) is 0 Å². The number of benzene rings is 1. The highest BCUT2D eigenvalue weighted by molar-refractivity contribution is 7.90. The molecule has 0 fully saturated rings. The third kappa shape index (κ3) is 5.83. The third-order valence-electron chi connectivity index (χ3n) is 2.25. The molecule has 1 aromatic carbocycles. The van der Waals surface area contributed by atoms with Crippen LogP contribution in [0.2, 0.25) is 0 Å². The summed E-state index contributed by atoms with van der Waals surface area (Å²) in [5.74, 6) is -1.21. The molecule has 0 unspecified atom stereocenters. The average Bonchev–Trinajstić information content (AvgIpc) is 2.29. The maximum atomic E-state index is 12.2. The van der Waals surface area contributed by atoms with Gasteiger partial charge in [0.15, 0.2) is 9.84 Å². The van der Waals surface area contributed by atoms with Crippen LogP contribution >= 0.6 is 0 Å².